The van der Waals surface area contributed by atoms with Crippen molar-refractivity contribution >= 4 is 28.9 Å². The molecule has 2 aliphatic rings. The van der Waals surface area contributed by atoms with Crippen molar-refractivity contribution in [2.24, 2.45) is 5.92 Å². The molecule has 176 valence electrons. The molecule has 7 heteroatoms. The fourth-order valence-corrected chi connectivity index (χ4v) is 6.57. The maximum Gasteiger partial charge on any atom is 0.267 e. The van der Waals surface area contributed by atoms with Gasteiger partial charge in [-0.1, -0.05) is 31.0 Å². The van der Waals surface area contributed by atoms with Crippen LogP contribution in [0, 0.1) is 24.5 Å². The third kappa shape index (κ3) is 3.53. The molecule has 4 aromatic rings. The van der Waals surface area contributed by atoms with Gasteiger partial charge >= 0.3 is 0 Å². The smallest absolute Gasteiger partial charge is 0.267 e. The van der Waals surface area contributed by atoms with Crippen molar-refractivity contribution in [1.29, 1.82) is 0 Å². The van der Waals surface area contributed by atoms with Crippen molar-refractivity contribution in [1.82, 2.24) is 23.6 Å². The topological polar surface area (TPSA) is 47.5 Å². The molecule has 0 spiro atoms. The maximum atomic E-state index is 13.7. The second kappa shape index (κ2) is 8.47. The number of nitrogens with zero attached hydrogens (tertiary/aromatic N) is 5. The van der Waals surface area contributed by atoms with E-state index in [1.54, 1.807) is 4.57 Å². The number of benzene rings is 2. The van der Waals surface area contributed by atoms with E-state index in [2.05, 4.69) is 24.8 Å². The first-order chi connectivity index (χ1) is 16.5. The van der Waals surface area contributed by atoms with Crippen LogP contribution in [0.3, 0.4) is 0 Å². The zero-order chi connectivity index (χ0) is 23.4. The molecule has 1 aliphatic carbocycles. The lowest BCUT2D eigenvalue weighted by Gasteiger charge is -2.43. The Morgan fingerprint density at radius 1 is 1.00 bits per heavy atom. The fraction of sp³-hybridized carbons (Fsp3) is 0.444. The molecule has 3 heterocycles. The number of rotatable bonds is 3. The molecule has 1 aliphatic heterocycles. The van der Waals surface area contributed by atoms with Gasteiger partial charge in [-0.15, -0.1) is 5.10 Å². The van der Waals surface area contributed by atoms with Crippen LogP contribution in [-0.2, 0) is 6.67 Å². The zero-order valence-corrected chi connectivity index (χ0v) is 20.7. The number of aryl methyl sites for hydroxylation is 2. The highest BCUT2D eigenvalue weighted by molar-refractivity contribution is 7.71. The SMILES string of the molecule is Cc1cc(C)cc(-n2c(=O)c3ccccc3n3c(=S)n(CN4CCC[C@H]5CCCC[C@H]54)nc23)c1. The molecule has 6 rings (SSSR count). The molecule has 2 aromatic heterocycles. The van der Waals surface area contributed by atoms with Crippen LogP contribution in [0.25, 0.3) is 22.4 Å². The lowest BCUT2D eigenvalue weighted by atomic mass is 9.78. The van der Waals surface area contributed by atoms with E-state index in [-0.39, 0.29) is 5.56 Å². The van der Waals surface area contributed by atoms with Gasteiger partial charge in [0.1, 0.15) is 0 Å². The molecule has 1 saturated heterocycles. The van der Waals surface area contributed by atoms with Gasteiger partial charge < -0.3 is 0 Å². The summed E-state index contributed by atoms with van der Waals surface area (Å²) >= 11 is 6.00. The highest BCUT2D eigenvalue weighted by Crippen LogP contribution is 2.35. The highest BCUT2D eigenvalue weighted by Gasteiger charge is 2.33. The van der Waals surface area contributed by atoms with Crippen molar-refractivity contribution < 1.29 is 0 Å². The Bertz CT molecular complexity index is 1490. The summed E-state index contributed by atoms with van der Waals surface area (Å²) in [5, 5.41) is 5.64. The molecule has 0 N–H and O–H groups in total. The molecular weight excluding hydrogens is 442 g/mol. The van der Waals surface area contributed by atoms with Crippen molar-refractivity contribution in [2.75, 3.05) is 6.54 Å². The predicted octanol–water partition coefficient (Wildman–Crippen LogP) is 5.40. The van der Waals surface area contributed by atoms with Gasteiger partial charge in [-0.3, -0.25) is 14.1 Å². The van der Waals surface area contributed by atoms with Crippen LogP contribution in [0.1, 0.15) is 49.7 Å². The zero-order valence-electron chi connectivity index (χ0n) is 19.9. The standard InChI is InChI=1S/C27H31N5OS/c1-18-14-19(2)16-21(15-18)31-25(33)22-10-4-6-12-24(22)32-26(31)28-30(27(32)34)17-29-13-7-9-20-8-3-5-11-23(20)29/h4,6,10,12,14-16,20,23H,3,5,7-9,11,13,17H2,1-2H3/t20-,23-/m1/s1. The molecule has 0 amide bonds. The van der Waals surface area contributed by atoms with Gasteiger partial charge in [-0.2, -0.15) is 0 Å². The van der Waals surface area contributed by atoms with Gasteiger partial charge in [-0.25, -0.2) is 9.25 Å². The molecule has 0 bridgehead atoms. The molecule has 0 unspecified atom stereocenters. The van der Waals surface area contributed by atoms with Gasteiger partial charge in [0.2, 0.25) is 10.5 Å². The molecule has 2 aromatic carbocycles. The lowest BCUT2D eigenvalue weighted by Crippen LogP contribution is -2.47. The van der Waals surface area contributed by atoms with Gasteiger partial charge in [0, 0.05) is 12.6 Å². The van der Waals surface area contributed by atoms with Crippen LogP contribution < -0.4 is 5.56 Å². The minimum Gasteiger partial charge on any atom is -0.281 e. The number of para-hydroxylation sites is 1. The number of piperidine rings is 1. The largest absolute Gasteiger partial charge is 0.281 e. The molecule has 2 atom stereocenters. The van der Waals surface area contributed by atoms with Crippen LogP contribution in [0.4, 0.5) is 0 Å². The molecule has 6 nitrogen and oxygen atoms in total. The molecule has 34 heavy (non-hydrogen) atoms. The van der Waals surface area contributed by atoms with Crippen molar-refractivity contribution in [2.45, 2.75) is 65.1 Å². The Labute approximate surface area is 204 Å². The summed E-state index contributed by atoms with van der Waals surface area (Å²) in [7, 11) is 0. The van der Waals surface area contributed by atoms with E-state index < -0.39 is 0 Å². The Hall–Kier alpha value is -2.77. The summed E-state index contributed by atoms with van der Waals surface area (Å²) in [6.07, 6.45) is 7.85. The van der Waals surface area contributed by atoms with E-state index in [1.807, 2.05) is 45.5 Å². The normalized spacial score (nSPS) is 21.2. The minimum absolute atomic E-state index is 0.0643. The van der Waals surface area contributed by atoms with Gasteiger partial charge in [-0.05, 0) is 93.1 Å². The number of hydrogen-bond acceptors (Lipinski definition) is 4. The summed E-state index contributed by atoms with van der Waals surface area (Å²) in [6.45, 7) is 5.88. The van der Waals surface area contributed by atoms with E-state index in [4.69, 9.17) is 17.3 Å². The second-order valence-electron chi connectivity index (χ2n) is 10.1. The minimum atomic E-state index is -0.0643. The van der Waals surface area contributed by atoms with E-state index in [0.717, 1.165) is 34.8 Å². The van der Waals surface area contributed by atoms with Crippen LogP contribution in [0.15, 0.2) is 47.3 Å². The van der Waals surface area contributed by atoms with E-state index in [1.165, 1.54) is 38.5 Å². The first-order valence-electron chi connectivity index (χ1n) is 12.5. The highest BCUT2D eigenvalue weighted by atomic mass is 32.1. The Kier molecular flexibility index (Phi) is 5.41. The Morgan fingerprint density at radius 2 is 1.74 bits per heavy atom. The maximum absolute atomic E-state index is 13.7. The van der Waals surface area contributed by atoms with Crippen LogP contribution in [0.2, 0.25) is 0 Å². The van der Waals surface area contributed by atoms with E-state index in [9.17, 15) is 4.79 Å². The third-order valence-corrected chi connectivity index (χ3v) is 8.13. The summed E-state index contributed by atoms with van der Waals surface area (Å²) < 4.78 is 6.29. The first kappa shape index (κ1) is 21.7. The summed E-state index contributed by atoms with van der Waals surface area (Å²) in [4.78, 5) is 16.3. The summed E-state index contributed by atoms with van der Waals surface area (Å²) in [5.41, 5.74) is 3.81. The van der Waals surface area contributed by atoms with Gasteiger partial charge in [0.15, 0.2) is 0 Å². The average Bonchev–Trinajstić information content (AvgIpc) is 3.14. The fourth-order valence-electron chi connectivity index (χ4n) is 6.29. The van der Waals surface area contributed by atoms with E-state index in [0.29, 0.717) is 28.6 Å². The first-order valence-corrected chi connectivity index (χ1v) is 12.9. The summed E-state index contributed by atoms with van der Waals surface area (Å²) in [6, 6.07) is 14.5. The van der Waals surface area contributed by atoms with Gasteiger partial charge in [0.05, 0.1) is 23.3 Å². The molecule has 0 radical (unpaired) electrons. The predicted molar refractivity (Wildman–Crippen MR) is 138 cm³/mol. The Morgan fingerprint density at radius 3 is 2.56 bits per heavy atom. The van der Waals surface area contributed by atoms with Gasteiger partial charge in [0.25, 0.3) is 5.56 Å². The van der Waals surface area contributed by atoms with Crippen LogP contribution in [0.5, 0.6) is 0 Å². The monoisotopic (exact) mass is 473 g/mol. The summed E-state index contributed by atoms with van der Waals surface area (Å²) in [5.74, 6) is 1.37. The van der Waals surface area contributed by atoms with Crippen molar-refractivity contribution in [3.8, 4) is 5.69 Å². The van der Waals surface area contributed by atoms with E-state index >= 15 is 0 Å². The van der Waals surface area contributed by atoms with Crippen molar-refractivity contribution in [3.05, 3.63) is 68.7 Å². The molecule has 2 fully saturated rings. The number of aromatic nitrogens is 4. The van der Waals surface area contributed by atoms with Crippen LogP contribution in [-0.4, -0.2) is 36.2 Å². The quantitative estimate of drug-likeness (QED) is 0.374. The van der Waals surface area contributed by atoms with Crippen molar-refractivity contribution in [3.63, 3.8) is 0 Å². The second-order valence-corrected chi connectivity index (χ2v) is 10.5. The molecule has 1 saturated carbocycles. The number of hydrogen-bond donors (Lipinski definition) is 0. The Balaban J connectivity index is 1.56. The number of fused-ring (bicyclic) bond motifs is 4. The lowest BCUT2D eigenvalue weighted by molar-refractivity contribution is 0.0325. The number of likely N-dealkylation sites (tertiary alicyclic amines) is 1. The molecular formula is C27H31N5OS. The van der Waals surface area contributed by atoms with Crippen LogP contribution >= 0.6 is 12.2 Å². The third-order valence-electron chi connectivity index (χ3n) is 7.74. The average molecular weight is 474 g/mol.